The van der Waals surface area contributed by atoms with Crippen LogP contribution in [0.4, 0.5) is 0 Å². The molecule has 0 spiro atoms. The van der Waals surface area contributed by atoms with Crippen LogP contribution in [-0.2, 0) is 19.5 Å². The minimum Gasteiger partial charge on any atom is -0.294 e. The Morgan fingerprint density at radius 2 is 2.29 bits per heavy atom. The molecule has 0 unspecified atom stereocenters. The Morgan fingerprint density at radius 1 is 1.41 bits per heavy atom. The molecule has 0 aromatic carbocycles. The molecule has 0 aliphatic carbocycles. The van der Waals surface area contributed by atoms with E-state index in [9.17, 15) is 0 Å². The Kier molecular flexibility index (Phi) is 3.03. The van der Waals surface area contributed by atoms with Gasteiger partial charge in [0.25, 0.3) is 0 Å². The Labute approximate surface area is 110 Å². The molecule has 1 aliphatic rings. The number of hydrogen-bond donors (Lipinski definition) is 0. The minimum absolute atomic E-state index is 1.06. The molecular formula is C13H16N2S2. The summed E-state index contributed by atoms with van der Waals surface area (Å²) in [5.41, 5.74) is 2.74. The summed E-state index contributed by atoms with van der Waals surface area (Å²) < 4.78 is 0. The van der Waals surface area contributed by atoms with Crippen molar-refractivity contribution < 1.29 is 0 Å². The molecule has 0 bridgehead atoms. The van der Waals surface area contributed by atoms with Gasteiger partial charge in [-0.1, -0.05) is 0 Å². The van der Waals surface area contributed by atoms with Gasteiger partial charge in [-0.2, -0.15) is 0 Å². The van der Waals surface area contributed by atoms with Gasteiger partial charge in [-0.05, 0) is 37.3 Å². The predicted molar refractivity (Wildman–Crippen MR) is 73.7 cm³/mol. The topological polar surface area (TPSA) is 16.1 Å². The highest BCUT2D eigenvalue weighted by Crippen LogP contribution is 2.26. The lowest BCUT2D eigenvalue weighted by Crippen LogP contribution is -2.29. The van der Waals surface area contributed by atoms with Gasteiger partial charge in [0.2, 0.25) is 0 Å². The summed E-state index contributed by atoms with van der Waals surface area (Å²) in [6.07, 6.45) is 1.21. The molecule has 0 fully saturated rings. The van der Waals surface area contributed by atoms with Crippen molar-refractivity contribution in [1.29, 1.82) is 0 Å². The van der Waals surface area contributed by atoms with Crippen molar-refractivity contribution in [3.8, 4) is 0 Å². The van der Waals surface area contributed by atoms with Gasteiger partial charge in [-0.3, -0.25) is 4.90 Å². The first kappa shape index (κ1) is 11.4. The van der Waals surface area contributed by atoms with E-state index in [0.717, 1.165) is 13.1 Å². The molecule has 17 heavy (non-hydrogen) atoms. The third-order valence-electron chi connectivity index (χ3n) is 3.25. The third-order valence-corrected chi connectivity index (χ3v) is 5.33. The van der Waals surface area contributed by atoms with Gasteiger partial charge in [0.15, 0.2) is 0 Å². The standard InChI is InChI=1S/C13H16N2S2/c1-9-13(17-10(2)14-9)8-15-5-3-12-11(7-15)4-6-16-12/h4,6H,3,5,7-8H2,1-2H3. The first-order chi connectivity index (χ1) is 8.22. The van der Waals surface area contributed by atoms with Gasteiger partial charge in [0.1, 0.15) is 0 Å². The van der Waals surface area contributed by atoms with Crippen molar-refractivity contribution in [2.45, 2.75) is 33.4 Å². The number of rotatable bonds is 2. The van der Waals surface area contributed by atoms with E-state index in [1.165, 1.54) is 34.1 Å². The molecule has 2 aromatic heterocycles. The van der Waals surface area contributed by atoms with Crippen LogP contribution < -0.4 is 0 Å². The molecule has 2 aromatic rings. The van der Waals surface area contributed by atoms with Gasteiger partial charge >= 0.3 is 0 Å². The van der Waals surface area contributed by atoms with Gasteiger partial charge < -0.3 is 0 Å². The van der Waals surface area contributed by atoms with Gasteiger partial charge in [-0.25, -0.2) is 4.98 Å². The normalized spacial score (nSPS) is 16.1. The summed E-state index contributed by atoms with van der Waals surface area (Å²) >= 11 is 3.75. The largest absolute Gasteiger partial charge is 0.294 e. The van der Waals surface area contributed by atoms with Crippen LogP contribution in [0.25, 0.3) is 0 Å². The number of aryl methyl sites for hydroxylation is 2. The van der Waals surface area contributed by atoms with Crippen LogP contribution in [0.15, 0.2) is 11.4 Å². The van der Waals surface area contributed by atoms with E-state index in [-0.39, 0.29) is 0 Å². The number of fused-ring (bicyclic) bond motifs is 1. The van der Waals surface area contributed by atoms with Crippen LogP contribution in [0, 0.1) is 13.8 Å². The van der Waals surface area contributed by atoms with E-state index >= 15 is 0 Å². The number of hydrogen-bond acceptors (Lipinski definition) is 4. The predicted octanol–water partition coefficient (Wildman–Crippen LogP) is 3.38. The van der Waals surface area contributed by atoms with E-state index in [2.05, 4.69) is 35.2 Å². The molecule has 3 rings (SSSR count). The molecular weight excluding hydrogens is 248 g/mol. The fourth-order valence-electron chi connectivity index (χ4n) is 2.37. The zero-order valence-corrected chi connectivity index (χ0v) is 11.8. The second-order valence-electron chi connectivity index (χ2n) is 4.57. The average Bonchev–Trinajstić information content (AvgIpc) is 2.85. The second-order valence-corrected chi connectivity index (χ2v) is 6.86. The maximum absolute atomic E-state index is 4.50. The van der Waals surface area contributed by atoms with Crippen molar-refractivity contribution >= 4 is 22.7 Å². The molecule has 90 valence electrons. The third kappa shape index (κ3) is 2.30. The number of thiophene rings is 1. The van der Waals surface area contributed by atoms with Gasteiger partial charge in [0, 0.05) is 29.4 Å². The van der Waals surface area contributed by atoms with Crippen LogP contribution in [0.2, 0.25) is 0 Å². The summed E-state index contributed by atoms with van der Waals surface area (Å²) in [6.45, 7) is 7.57. The Bertz CT molecular complexity index is 527. The molecule has 2 nitrogen and oxygen atoms in total. The maximum Gasteiger partial charge on any atom is 0.0900 e. The number of thiazole rings is 1. The summed E-state index contributed by atoms with van der Waals surface area (Å²) in [6, 6.07) is 2.27. The van der Waals surface area contributed by atoms with E-state index in [1.807, 2.05) is 22.7 Å². The van der Waals surface area contributed by atoms with Gasteiger partial charge in [0.05, 0.1) is 10.7 Å². The highest BCUT2D eigenvalue weighted by molar-refractivity contribution is 7.11. The molecule has 3 heterocycles. The van der Waals surface area contributed by atoms with E-state index in [0.29, 0.717) is 0 Å². The van der Waals surface area contributed by atoms with E-state index in [1.54, 1.807) is 4.88 Å². The molecule has 0 saturated heterocycles. The second kappa shape index (κ2) is 4.52. The molecule has 4 heteroatoms. The summed E-state index contributed by atoms with van der Waals surface area (Å²) in [5.74, 6) is 0. The SMILES string of the molecule is Cc1nc(C)c(CN2CCc3sccc3C2)s1. The maximum atomic E-state index is 4.50. The minimum atomic E-state index is 1.06. The summed E-state index contributed by atoms with van der Waals surface area (Å²) in [5, 5.41) is 3.40. The molecule has 0 radical (unpaired) electrons. The van der Waals surface area contributed by atoms with E-state index < -0.39 is 0 Å². The van der Waals surface area contributed by atoms with Crippen LogP contribution in [0.3, 0.4) is 0 Å². The molecule has 0 N–H and O–H groups in total. The molecule has 0 amide bonds. The lowest BCUT2D eigenvalue weighted by Gasteiger charge is -2.26. The zero-order valence-electron chi connectivity index (χ0n) is 10.2. The highest BCUT2D eigenvalue weighted by Gasteiger charge is 2.18. The average molecular weight is 264 g/mol. The quantitative estimate of drug-likeness (QED) is 0.826. The van der Waals surface area contributed by atoms with Crippen LogP contribution in [0.1, 0.15) is 26.0 Å². The van der Waals surface area contributed by atoms with E-state index in [4.69, 9.17) is 0 Å². The van der Waals surface area contributed by atoms with Crippen molar-refractivity contribution in [3.63, 3.8) is 0 Å². The van der Waals surface area contributed by atoms with Crippen LogP contribution >= 0.6 is 22.7 Å². The Hall–Kier alpha value is -0.710. The number of nitrogens with zero attached hydrogens (tertiary/aromatic N) is 2. The van der Waals surface area contributed by atoms with Crippen molar-refractivity contribution in [2.75, 3.05) is 6.54 Å². The highest BCUT2D eigenvalue weighted by atomic mass is 32.1. The molecule has 0 saturated carbocycles. The first-order valence-electron chi connectivity index (χ1n) is 5.93. The van der Waals surface area contributed by atoms with Crippen molar-refractivity contribution in [3.05, 3.63) is 37.5 Å². The Balaban J connectivity index is 1.74. The lowest BCUT2D eigenvalue weighted by molar-refractivity contribution is 0.249. The van der Waals surface area contributed by atoms with Gasteiger partial charge in [-0.15, -0.1) is 22.7 Å². The number of aromatic nitrogens is 1. The smallest absolute Gasteiger partial charge is 0.0900 e. The lowest BCUT2D eigenvalue weighted by atomic mass is 10.1. The summed E-state index contributed by atoms with van der Waals surface area (Å²) in [4.78, 5) is 10.1. The van der Waals surface area contributed by atoms with Crippen LogP contribution in [0.5, 0.6) is 0 Å². The zero-order chi connectivity index (χ0) is 11.8. The fraction of sp³-hybridized carbons (Fsp3) is 0.462. The molecule has 0 atom stereocenters. The fourth-order valence-corrected chi connectivity index (χ4v) is 4.23. The van der Waals surface area contributed by atoms with Crippen molar-refractivity contribution in [2.24, 2.45) is 0 Å². The van der Waals surface area contributed by atoms with Crippen LogP contribution in [-0.4, -0.2) is 16.4 Å². The Morgan fingerprint density at radius 3 is 3.06 bits per heavy atom. The monoisotopic (exact) mass is 264 g/mol. The first-order valence-corrected chi connectivity index (χ1v) is 7.62. The summed E-state index contributed by atoms with van der Waals surface area (Å²) in [7, 11) is 0. The van der Waals surface area contributed by atoms with Crippen molar-refractivity contribution in [1.82, 2.24) is 9.88 Å². The molecule has 1 aliphatic heterocycles.